The summed E-state index contributed by atoms with van der Waals surface area (Å²) in [6.07, 6.45) is 0. The fraction of sp³-hybridized carbons (Fsp3) is 0.222. The van der Waals surface area contributed by atoms with Crippen molar-refractivity contribution in [3.8, 4) is 11.8 Å². The third-order valence-electron chi connectivity index (χ3n) is 1.71. The Labute approximate surface area is 81.7 Å². The maximum atomic E-state index is 8.75. The van der Waals surface area contributed by atoms with Crippen molar-refractivity contribution in [2.45, 2.75) is 6.54 Å². The van der Waals surface area contributed by atoms with Crippen LogP contribution in [0, 0.1) is 11.3 Å². The zero-order valence-corrected chi connectivity index (χ0v) is 7.93. The number of hydrogen-bond donors (Lipinski definition) is 1. The number of nitrogens with zero attached hydrogens (tertiary/aromatic N) is 1. The molecule has 0 spiro atoms. The van der Waals surface area contributed by atoms with Crippen LogP contribution in [0.1, 0.15) is 11.1 Å². The quantitative estimate of drug-likeness (QED) is 0.783. The van der Waals surface area contributed by atoms with Gasteiger partial charge in [0.1, 0.15) is 11.8 Å². The van der Waals surface area contributed by atoms with Gasteiger partial charge in [-0.2, -0.15) is 5.26 Å². The Morgan fingerprint density at radius 2 is 2.31 bits per heavy atom. The SMILES string of the molecule is COc1cc(Cl)c(CN)cc1C#N. The van der Waals surface area contributed by atoms with Gasteiger partial charge in [0.2, 0.25) is 0 Å². The fourth-order valence-electron chi connectivity index (χ4n) is 1.01. The van der Waals surface area contributed by atoms with Crippen molar-refractivity contribution in [1.29, 1.82) is 5.26 Å². The molecule has 0 amide bonds. The van der Waals surface area contributed by atoms with Crippen LogP contribution in [-0.2, 0) is 6.54 Å². The molecule has 3 nitrogen and oxygen atoms in total. The minimum Gasteiger partial charge on any atom is -0.495 e. The molecular formula is C9H9ClN2O. The number of methoxy groups -OCH3 is 1. The molecule has 0 saturated heterocycles. The van der Waals surface area contributed by atoms with Gasteiger partial charge in [-0.1, -0.05) is 11.6 Å². The van der Waals surface area contributed by atoms with Gasteiger partial charge < -0.3 is 10.5 Å². The molecule has 0 bridgehead atoms. The first-order chi connectivity index (χ1) is 6.22. The Kier molecular flexibility index (Phi) is 3.13. The van der Waals surface area contributed by atoms with Crippen LogP contribution in [0.15, 0.2) is 12.1 Å². The normalized spacial score (nSPS) is 9.38. The minimum atomic E-state index is 0.317. The van der Waals surface area contributed by atoms with Gasteiger partial charge in [0.15, 0.2) is 0 Å². The van der Waals surface area contributed by atoms with Gasteiger partial charge in [0.25, 0.3) is 0 Å². The van der Waals surface area contributed by atoms with E-state index in [2.05, 4.69) is 0 Å². The van der Waals surface area contributed by atoms with Crippen LogP contribution in [0.4, 0.5) is 0 Å². The summed E-state index contributed by atoms with van der Waals surface area (Å²) in [6, 6.07) is 5.25. The van der Waals surface area contributed by atoms with E-state index in [4.69, 9.17) is 27.3 Å². The highest BCUT2D eigenvalue weighted by atomic mass is 35.5. The molecule has 0 unspecified atom stereocenters. The number of halogens is 1. The summed E-state index contributed by atoms with van der Waals surface area (Å²) in [5, 5.41) is 9.27. The largest absolute Gasteiger partial charge is 0.495 e. The highest BCUT2D eigenvalue weighted by Gasteiger charge is 2.07. The molecule has 2 N–H and O–H groups in total. The second-order valence-corrected chi connectivity index (χ2v) is 2.87. The third-order valence-corrected chi connectivity index (χ3v) is 2.06. The minimum absolute atomic E-state index is 0.317. The van der Waals surface area contributed by atoms with E-state index in [1.807, 2.05) is 6.07 Å². The molecular weight excluding hydrogens is 188 g/mol. The summed E-state index contributed by atoms with van der Waals surface area (Å²) in [5.74, 6) is 0.477. The van der Waals surface area contributed by atoms with Gasteiger partial charge >= 0.3 is 0 Å². The molecule has 0 heterocycles. The van der Waals surface area contributed by atoms with Crippen LogP contribution in [0.25, 0.3) is 0 Å². The molecule has 0 aliphatic heterocycles. The van der Waals surface area contributed by atoms with Crippen molar-refractivity contribution in [3.05, 3.63) is 28.3 Å². The van der Waals surface area contributed by atoms with Crippen molar-refractivity contribution in [3.63, 3.8) is 0 Å². The summed E-state index contributed by atoms with van der Waals surface area (Å²) in [6.45, 7) is 0.317. The Balaban J connectivity index is 3.28. The topological polar surface area (TPSA) is 59.0 Å². The summed E-state index contributed by atoms with van der Waals surface area (Å²) in [4.78, 5) is 0. The second-order valence-electron chi connectivity index (χ2n) is 2.46. The molecule has 4 heteroatoms. The number of nitrogens with two attached hydrogens (primary N) is 1. The molecule has 0 radical (unpaired) electrons. The summed E-state index contributed by atoms with van der Waals surface area (Å²) < 4.78 is 4.97. The lowest BCUT2D eigenvalue weighted by Gasteiger charge is -2.06. The van der Waals surface area contributed by atoms with E-state index in [0.29, 0.717) is 22.9 Å². The molecule has 68 valence electrons. The lowest BCUT2D eigenvalue weighted by Crippen LogP contribution is -1.99. The van der Waals surface area contributed by atoms with Crippen LogP contribution in [0.3, 0.4) is 0 Å². The lowest BCUT2D eigenvalue weighted by molar-refractivity contribution is 0.413. The molecule has 1 aromatic rings. The summed E-state index contributed by atoms with van der Waals surface area (Å²) in [7, 11) is 1.49. The zero-order valence-electron chi connectivity index (χ0n) is 7.17. The van der Waals surface area contributed by atoms with Crippen molar-refractivity contribution in [2.75, 3.05) is 7.11 Å². The predicted molar refractivity (Wildman–Crippen MR) is 50.6 cm³/mol. The van der Waals surface area contributed by atoms with Crippen LogP contribution in [-0.4, -0.2) is 7.11 Å². The van der Waals surface area contributed by atoms with Gasteiger partial charge in [-0.3, -0.25) is 0 Å². The Morgan fingerprint density at radius 1 is 1.62 bits per heavy atom. The van der Waals surface area contributed by atoms with Gasteiger partial charge in [0.05, 0.1) is 12.7 Å². The Morgan fingerprint density at radius 3 is 2.77 bits per heavy atom. The number of benzene rings is 1. The molecule has 1 aromatic carbocycles. The van der Waals surface area contributed by atoms with E-state index < -0.39 is 0 Å². The third kappa shape index (κ3) is 1.92. The van der Waals surface area contributed by atoms with Gasteiger partial charge in [-0.05, 0) is 11.6 Å². The van der Waals surface area contributed by atoms with Crippen LogP contribution < -0.4 is 10.5 Å². The van der Waals surface area contributed by atoms with Crippen molar-refractivity contribution in [1.82, 2.24) is 0 Å². The highest BCUT2D eigenvalue weighted by Crippen LogP contribution is 2.26. The van der Waals surface area contributed by atoms with Crippen LogP contribution >= 0.6 is 11.6 Å². The van der Waals surface area contributed by atoms with E-state index in [1.165, 1.54) is 7.11 Å². The predicted octanol–water partition coefficient (Wildman–Crippen LogP) is 1.68. The van der Waals surface area contributed by atoms with E-state index in [0.717, 1.165) is 5.56 Å². The van der Waals surface area contributed by atoms with Crippen LogP contribution in [0.2, 0.25) is 5.02 Å². The maximum Gasteiger partial charge on any atom is 0.138 e. The van der Waals surface area contributed by atoms with Gasteiger partial charge in [0, 0.05) is 17.6 Å². The molecule has 0 aliphatic rings. The average molecular weight is 197 g/mol. The number of hydrogen-bond acceptors (Lipinski definition) is 3. The van der Waals surface area contributed by atoms with E-state index in [1.54, 1.807) is 12.1 Å². The number of ether oxygens (including phenoxy) is 1. The molecule has 0 fully saturated rings. The van der Waals surface area contributed by atoms with Gasteiger partial charge in [-0.15, -0.1) is 0 Å². The number of nitriles is 1. The summed E-state index contributed by atoms with van der Waals surface area (Å²) >= 11 is 5.87. The molecule has 13 heavy (non-hydrogen) atoms. The molecule has 0 saturated carbocycles. The standard InChI is InChI=1S/C9H9ClN2O/c1-13-9-3-8(10)6(4-11)2-7(9)5-12/h2-3H,4,11H2,1H3. The Hall–Kier alpha value is -1.24. The highest BCUT2D eigenvalue weighted by molar-refractivity contribution is 6.31. The molecule has 0 aromatic heterocycles. The molecule has 0 atom stereocenters. The first kappa shape index (κ1) is 9.85. The van der Waals surface area contributed by atoms with Crippen molar-refractivity contribution < 1.29 is 4.74 Å². The van der Waals surface area contributed by atoms with Crippen molar-refractivity contribution in [2.24, 2.45) is 5.73 Å². The first-order valence-corrected chi connectivity index (χ1v) is 4.07. The molecule has 0 aliphatic carbocycles. The van der Waals surface area contributed by atoms with Crippen molar-refractivity contribution >= 4 is 11.6 Å². The first-order valence-electron chi connectivity index (χ1n) is 3.69. The smallest absolute Gasteiger partial charge is 0.138 e. The molecule has 1 rings (SSSR count). The zero-order chi connectivity index (χ0) is 9.84. The van der Waals surface area contributed by atoms with Crippen LogP contribution in [0.5, 0.6) is 5.75 Å². The second kappa shape index (κ2) is 4.13. The summed E-state index contributed by atoms with van der Waals surface area (Å²) in [5.41, 5.74) is 6.63. The Bertz CT molecular complexity index is 357. The maximum absolute atomic E-state index is 8.75. The van der Waals surface area contributed by atoms with E-state index >= 15 is 0 Å². The lowest BCUT2D eigenvalue weighted by atomic mass is 10.1. The van der Waals surface area contributed by atoms with E-state index in [9.17, 15) is 0 Å². The average Bonchev–Trinajstić information content (AvgIpc) is 2.17. The van der Waals surface area contributed by atoms with E-state index in [-0.39, 0.29) is 0 Å². The fourth-order valence-corrected chi connectivity index (χ4v) is 1.24. The number of rotatable bonds is 2. The van der Waals surface area contributed by atoms with Gasteiger partial charge in [-0.25, -0.2) is 0 Å². The monoisotopic (exact) mass is 196 g/mol.